The Morgan fingerprint density at radius 2 is 1.65 bits per heavy atom. The number of rotatable bonds is 5. The van der Waals surface area contributed by atoms with Crippen LogP contribution in [0.4, 0.5) is 17.1 Å². The van der Waals surface area contributed by atoms with Crippen LogP contribution in [0.25, 0.3) is 10.9 Å². The number of nitrogens with zero attached hydrogens (tertiary/aromatic N) is 4. The topological polar surface area (TPSA) is 45.8 Å². The molecule has 0 bridgehead atoms. The summed E-state index contributed by atoms with van der Waals surface area (Å²) in [6, 6.07) is 25.2. The van der Waals surface area contributed by atoms with E-state index < -0.39 is 0 Å². The van der Waals surface area contributed by atoms with Gasteiger partial charge in [0.1, 0.15) is 0 Å². The number of aryl methyl sites for hydroxylation is 1. The molecule has 3 heterocycles. The number of benzene rings is 3. The third-order valence-corrected chi connectivity index (χ3v) is 7.97. The van der Waals surface area contributed by atoms with Gasteiger partial charge in [-0.25, -0.2) is 0 Å². The van der Waals surface area contributed by atoms with Crippen molar-refractivity contribution in [1.29, 1.82) is 0 Å². The predicted molar refractivity (Wildman–Crippen MR) is 153 cm³/mol. The molecule has 2 aliphatic rings. The molecule has 4 aromatic rings. The average Bonchev–Trinajstić information content (AvgIpc) is 3.42. The smallest absolute Gasteiger partial charge is 0.258 e. The number of fused-ring (bicyclic) bond motifs is 2. The molecule has 0 spiro atoms. The summed E-state index contributed by atoms with van der Waals surface area (Å²) >= 11 is 0. The number of para-hydroxylation sites is 1. The molecule has 1 aromatic heterocycles. The Hall–Kier alpha value is -3.77. The van der Waals surface area contributed by atoms with Gasteiger partial charge < -0.3 is 19.7 Å². The molecule has 6 rings (SSSR count). The zero-order valence-electron chi connectivity index (χ0n) is 21.7. The van der Waals surface area contributed by atoms with Gasteiger partial charge in [0, 0.05) is 86.5 Å². The third-order valence-electron chi connectivity index (χ3n) is 7.97. The highest BCUT2D eigenvalue weighted by molar-refractivity contribution is 6.07. The number of carbonyl (C=O) groups excluding carboxylic acids is 1. The zero-order valence-corrected chi connectivity index (χ0v) is 21.7. The molecule has 1 N–H and O–H groups in total. The van der Waals surface area contributed by atoms with Gasteiger partial charge >= 0.3 is 0 Å². The Labute approximate surface area is 219 Å². The molecule has 6 nitrogen and oxygen atoms in total. The number of H-pyrrole nitrogens is 1. The van der Waals surface area contributed by atoms with Crippen LogP contribution in [-0.2, 0) is 6.42 Å². The van der Waals surface area contributed by atoms with Crippen LogP contribution in [-0.4, -0.2) is 68.7 Å². The van der Waals surface area contributed by atoms with E-state index >= 15 is 0 Å². The van der Waals surface area contributed by atoms with Gasteiger partial charge in [-0.1, -0.05) is 24.3 Å². The van der Waals surface area contributed by atoms with Gasteiger partial charge in [0.2, 0.25) is 0 Å². The lowest BCUT2D eigenvalue weighted by Gasteiger charge is -2.42. The molecule has 1 atom stereocenters. The molecular formula is C31H35N5O. The van der Waals surface area contributed by atoms with Gasteiger partial charge in [-0.05, 0) is 66.9 Å². The first-order valence-electron chi connectivity index (χ1n) is 13.3. The van der Waals surface area contributed by atoms with Crippen LogP contribution in [0.5, 0.6) is 0 Å². The minimum atomic E-state index is 0.0974. The summed E-state index contributed by atoms with van der Waals surface area (Å²) in [7, 11) is 4.04. The number of hydrogen-bond donors (Lipinski definition) is 1. The summed E-state index contributed by atoms with van der Waals surface area (Å²) in [5.74, 6) is 0.0974. The van der Waals surface area contributed by atoms with E-state index in [9.17, 15) is 4.79 Å². The number of aromatic nitrogens is 1. The quantitative estimate of drug-likeness (QED) is 0.424. The number of nitrogens with one attached hydrogen (secondary N) is 1. The largest absolute Gasteiger partial charge is 0.378 e. The molecule has 0 radical (unpaired) electrons. The summed E-state index contributed by atoms with van der Waals surface area (Å²) in [5.41, 5.74) is 6.67. The van der Waals surface area contributed by atoms with E-state index in [1.807, 2.05) is 44.6 Å². The van der Waals surface area contributed by atoms with Crippen molar-refractivity contribution in [2.24, 2.45) is 0 Å². The van der Waals surface area contributed by atoms with Crippen molar-refractivity contribution < 1.29 is 4.79 Å². The number of amides is 1. The van der Waals surface area contributed by atoms with Crippen molar-refractivity contribution in [3.8, 4) is 0 Å². The Kier molecular flexibility index (Phi) is 6.35. The molecule has 1 amide bonds. The number of carbonyl (C=O) groups is 1. The monoisotopic (exact) mass is 493 g/mol. The van der Waals surface area contributed by atoms with E-state index in [0.29, 0.717) is 0 Å². The van der Waals surface area contributed by atoms with E-state index in [1.54, 1.807) is 0 Å². The maximum atomic E-state index is 13.9. The second-order valence-electron chi connectivity index (χ2n) is 10.4. The van der Waals surface area contributed by atoms with Gasteiger partial charge in [-0.3, -0.25) is 9.69 Å². The normalized spacial score (nSPS) is 18.2. The molecule has 1 fully saturated rings. The summed E-state index contributed by atoms with van der Waals surface area (Å²) in [5, 5.41) is 1.29. The maximum absolute atomic E-state index is 13.9. The zero-order chi connectivity index (χ0) is 25.4. The van der Waals surface area contributed by atoms with Crippen LogP contribution < -0.4 is 14.7 Å². The van der Waals surface area contributed by atoms with Crippen LogP contribution in [0.15, 0.2) is 79.0 Å². The average molecular weight is 494 g/mol. The predicted octanol–water partition coefficient (Wildman–Crippen LogP) is 5.02. The van der Waals surface area contributed by atoms with Crippen molar-refractivity contribution in [1.82, 2.24) is 9.88 Å². The standard InChI is InChI=1S/C31H35N5O/c1-33(2)25-13-11-24(12-14-25)31(37)36-26(15-10-23-6-3-4-8-29(23)36)22-34-18-20-35(21-19-34)30-9-5-7-28-27(30)16-17-32-28/h3-9,11-14,16-17,26,32H,10,15,18-22H2,1-2H3. The highest BCUT2D eigenvalue weighted by atomic mass is 16.2. The van der Waals surface area contributed by atoms with Crippen molar-refractivity contribution in [2.45, 2.75) is 18.9 Å². The lowest BCUT2D eigenvalue weighted by molar-refractivity contribution is 0.0963. The van der Waals surface area contributed by atoms with Crippen LogP contribution in [0.3, 0.4) is 0 Å². The Bertz CT molecular complexity index is 1380. The lowest BCUT2D eigenvalue weighted by Crippen LogP contribution is -2.54. The van der Waals surface area contributed by atoms with Gasteiger partial charge in [0.25, 0.3) is 5.91 Å². The highest BCUT2D eigenvalue weighted by Crippen LogP contribution is 2.33. The molecule has 0 saturated carbocycles. The lowest BCUT2D eigenvalue weighted by atomic mass is 9.94. The van der Waals surface area contributed by atoms with E-state index in [1.165, 1.54) is 22.2 Å². The van der Waals surface area contributed by atoms with E-state index in [4.69, 9.17) is 0 Å². The Morgan fingerprint density at radius 1 is 0.892 bits per heavy atom. The molecular weight excluding hydrogens is 458 g/mol. The highest BCUT2D eigenvalue weighted by Gasteiger charge is 2.33. The Balaban J connectivity index is 1.20. The fourth-order valence-corrected chi connectivity index (χ4v) is 5.91. The van der Waals surface area contributed by atoms with E-state index in [-0.39, 0.29) is 11.9 Å². The first kappa shape index (κ1) is 23.6. The molecule has 6 heteroatoms. The van der Waals surface area contributed by atoms with Crippen molar-refractivity contribution in [3.63, 3.8) is 0 Å². The van der Waals surface area contributed by atoms with Crippen molar-refractivity contribution in [3.05, 3.63) is 90.1 Å². The first-order valence-corrected chi connectivity index (χ1v) is 13.3. The summed E-state index contributed by atoms with van der Waals surface area (Å²) < 4.78 is 0. The minimum absolute atomic E-state index is 0.0974. The Morgan fingerprint density at radius 3 is 2.43 bits per heavy atom. The fourth-order valence-electron chi connectivity index (χ4n) is 5.91. The van der Waals surface area contributed by atoms with Gasteiger partial charge in [0.05, 0.1) is 6.04 Å². The molecule has 3 aromatic carbocycles. The summed E-state index contributed by atoms with van der Waals surface area (Å²) in [6.07, 6.45) is 4.02. The van der Waals surface area contributed by atoms with Crippen LogP contribution in [0, 0.1) is 0 Å². The minimum Gasteiger partial charge on any atom is -0.378 e. The first-order chi connectivity index (χ1) is 18.1. The number of hydrogen-bond acceptors (Lipinski definition) is 4. The van der Waals surface area contributed by atoms with Crippen LogP contribution >= 0.6 is 0 Å². The number of aromatic amines is 1. The maximum Gasteiger partial charge on any atom is 0.258 e. The molecule has 190 valence electrons. The summed E-state index contributed by atoms with van der Waals surface area (Å²) in [4.78, 5) is 26.4. The second-order valence-corrected chi connectivity index (χ2v) is 10.4. The SMILES string of the molecule is CN(C)c1ccc(C(=O)N2c3ccccc3CCC2CN2CCN(c3cccc4[nH]ccc34)CC2)cc1. The van der Waals surface area contributed by atoms with Crippen molar-refractivity contribution in [2.75, 3.05) is 61.5 Å². The van der Waals surface area contributed by atoms with Gasteiger partial charge in [-0.15, -0.1) is 0 Å². The molecule has 0 aliphatic carbocycles. The fraction of sp³-hybridized carbons (Fsp3) is 0.323. The van der Waals surface area contributed by atoms with E-state index in [2.05, 4.69) is 73.1 Å². The van der Waals surface area contributed by atoms with Crippen molar-refractivity contribution >= 4 is 33.9 Å². The summed E-state index contributed by atoms with van der Waals surface area (Å²) in [6.45, 7) is 4.89. The molecule has 37 heavy (non-hydrogen) atoms. The van der Waals surface area contributed by atoms with Gasteiger partial charge in [-0.2, -0.15) is 0 Å². The van der Waals surface area contributed by atoms with Gasteiger partial charge in [0.15, 0.2) is 0 Å². The van der Waals surface area contributed by atoms with E-state index in [0.717, 1.165) is 62.5 Å². The third kappa shape index (κ3) is 4.58. The second kappa shape index (κ2) is 9.94. The molecule has 2 aliphatic heterocycles. The van der Waals surface area contributed by atoms with Crippen LogP contribution in [0.2, 0.25) is 0 Å². The number of piperazine rings is 1. The molecule has 1 saturated heterocycles. The molecule has 1 unspecified atom stereocenters. The van der Waals surface area contributed by atoms with Crippen LogP contribution in [0.1, 0.15) is 22.3 Å². The number of anilines is 3.